The molecule has 1 aromatic heterocycles. The van der Waals surface area contributed by atoms with Gasteiger partial charge in [-0.25, -0.2) is 4.68 Å². The Kier molecular flexibility index (Phi) is 3.67. The number of hydrogen-bond acceptors (Lipinski definition) is 3. The van der Waals surface area contributed by atoms with Gasteiger partial charge in [0.2, 0.25) is 0 Å². The lowest BCUT2D eigenvalue weighted by atomic mass is 10.1. The Morgan fingerprint density at radius 1 is 1.22 bits per heavy atom. The molecule has 2 rings (SSSR count). The average molecular weight is 245 g/mol. The molecular weight excluding hydrogens is 226 g/mol. The second-order valence-corrected chi connectivity index (χ2v) is 4.64. The zero-order valence-corrected chi connectivity index (χ0v) is 10.8. The SMILES string of the molecule is Cc1cc(C)cc(-n2ncc(CCCO)c2N)c1. The number of rotatable bonds is 4. The molecule has 0 saturated carbocycles. The van der Waals surface area contributed by atoms with Crippen molar-refractivity contribution in [2.75, 3.05) is 12.3 Å². The maximum absolute atomic E-state index is 8.85. The maximum atomic E-state index is 8.85. The van der Waals surface area contributed by atoms with Gasteiger partial charge in [0, 0.05) is 12.2 Å². The minimum Gasteiger partial charge on any atom is -0.396 e. The molecule has 0 aliphatic rings. The molecule has 0 radical (unpaired) electrons. The number of aromatic nitrogens is 2. The Balaban J connectivity index is 2.36. The predicted octanol–water partition coefficient (Wildman–Crippen LogP) is 2.00. The minimum absolute atomic E-state index is 0.175. The van der Waals surface area contributed by atoms with Crippen LogP contribution in [0, 0.1) is 13.8 Å². The lowest BCUT2D eigenvalue weighted by Crippen LogP contribution is -2.04. The Morgan fingerprint density at radius 2 is 1.89 bits per heavy atom. The third-order valence-corrected chi connectivity index (χ3v) is 2.94. The highest BCUT2D eigenvalue weighted by atomic mass is 16.2. The molecule has 4 nitrogen and oxygen atoms in total. The average Bonchev–Trinajstić information content (AvgIpc) is 2.67. The van der Waals surface area contributed by atoms with Crippen molar-refractivity contribution in [3.8, 4) is 5.69 Å². The molecule has 0 fully saturated rings. The van der Waals surface area contributed by atoms with Crippen molar-refractivity contribution in [2.24, 2.45) is 0 Å². The van der Waals surface area contributed by atoms with Gasteiger partial charge in [-0.1, -0.05) is 6.07 Å². The number of anilines is 1. The van der Waals surface area contributed by atoms with Crippen molar-refractivity contribution < 1.29 is 5.11 Å². The lowest BCUT2D eigenvalue weighted by Gasteiger charge is -2.07. The summed E-state index contributed by atoms with van der Waals surface area (Å²) in [5.74, 6) is 0.661. The first kappa shape index (κ1) is 12.6. The Hall–Kier alpha value is -1.81. The van der Waals surface area contributed by atoms with Crippen LogP contribution in [0.2, 0.25) is 0 Å². The van der Waals surface area contributed by atoms with Crippen LogP contribution in [0.4, 0.5) is 5.82 Å². The standard InChI is InChI=1S/C14H19N3O/c1-10-6-11(2)8-13(7-10)17-14(15)12(9-16-17)4-3-5-18/h6-9,18H,3-5,15H2,1-2H3. The molecule has 96 valence electrons. The molecule has 2 aromatic rings. The molecule has 0 bridgehead atoms. The van der Waals surface area contributed by atoms with Gasteiger partial charge in [-0.05, 0) is 49.9 Å². The Labute approximate surface area is 107 Å². The van der Waals surface area contributed by atoms with Crippen LogP contribution >= 0.6 is 0 Å². The lowest BCUT2D eigenvalue weighted by molar-refractivity contribution is 0.288. The van der Waals surface area contributed by atoms with Crippen LogP contribution in [0.25, 0.3) is 5.69 Å². The highest BCUT2D eigenvalue weighted by Gasteiger charge is 2.09. The summed E-state index contributed by atoms with van der Waals surface area (Å²) >= 11 is 0. The van der Waals surface area contributed by atoms with E-state index in [1.807, 2.05) is 0 Å². The number of aliphatic hydroxyl groups is 1. The van der Waals surface area contributed by atoms with Gasteiger partial charge >= 0.3 is 0 Å². The van der Waals surface area contributed by atoms with Crippen molar-refractivity contribution in [2.45, 2.75) is 26.7 Å². The van der Waals surface area contributed by atoms with E-state index < -0.39 is 0 Å². The van der Waals surface area contributed by atoms with E-state index in [0.717, 1.165) is 17.7 Å². The van der Waals surface area contributed by atoms with Crippen molar-refractivity contribution in [1.29, 1.82) is 0 Å². The van der Waals surface area contributed by atoms with Gasteiger partial charge in [0.05, 0.1) is 11.9 Å². The van der Waals surface area contributed by atoms with Crippen LogP contribution < -0.4 is 5.73 Å². The summed E-state index contributed by atoms with van der Waals surface area (Å²) in [6.07, 6.45) is 3.25. The van der Waals surface area contributed by atoms with E-state index in [4.69, 9.17) is 10.8 Å². The topological polar surface area (TPSA) is 64.1 Å². The zero-order valence-electron chi connectivity index (χ0n) is 10.8. The Morgan fingerprint density at radius 3 is 2.50 bits per heavy atom. The van der Waals surface area contributed by atoms with E-state index >= 15 is 0 Å². The molecule has 0 spiro atoms. The van der Waals surface area contributed by atoms with E-state index in [2.05, 4.69) is 37.1 Å². The van der Waals surface area contributed by atoms with E-state index in [9.17, 15) is 0 Å². The van der Waals surface area contributed by atoms with Gasteiger partial charge < -0.3 is 10.8 Å². The fourth-order valence-corrected chi connectivity index (χ4v) is 2.13. The number of aliphatic hydroxyl groups excluding tert-OH is 1. The van der Waals surface area contributed by atoms with E-state index in [1.165, 1.54) is 11.1 Å². The molecule has 0 unspecified atom stereocenters. The third kappa shape index (κ3) is 2.54. The smallest absolute Gasteiger partial charge is 0.130 e. The normalized spacial score (nSPS) is 10.8. The van der Waals surface area contributed by atoms with Crippen LogP contribution in [-0.2, 0) is 6.42 Å². The molecule has 1 aromatic carbocycles. The highest BCUT2D eigenvalue weighted by molar-refractivity contribution is 5.49. The summed E-state index contributed by atoms with van der Waals surface area (Å²) < 4.78 is 1.76. The van der Waals surface area contributed by atoms with Crippen molar-refractivity contribution >= 4 is 5.82 Å². The fourth-order valence-electron chi connectivity index (χ4n) is 2.13. The molecule has 0 atom stereocenters. The molecule has 0 aliphatic heterocycles. The molecular formula is C14H19N3O. The van der Waals surface area contributed by atoms with Gasteiger partial charge in [0.1, 0.15) is 5.82 Å². The summed E-state index contributed by atoms with van der Waals surface area (Å²) in [6, 6.07) is 6.24. The summed E-state index contributed by atoms with van der Waals surface area (Å²) in [6.45, 7) is 4.29. The van der Waals surface area contributed by atoms with Crippen LogP contribution in [0.1, 0.15) is 23.1 Å². The van der Waals surface area contributed by atoms with Crippen molar-refractivity contribution in [3.05, 3.63) is 41.1 Å². The number of nitrogens with two attached hydrogens (primary N) is 1. The number of nitrogens with zero attached hydrogens (tertiary/aromatic N) is 2. The van der Waals surface area contributed by atoms with Crippen LogP contribution in [0.3, 0.4) is 0 Å². The first-order valence-corrected chi connectivity index (χ1v) is 6.13. The number of benzene rings is 1. The predicted molar refractivity (Wildman–Crippen MR) is 72.9 cm³/mol. The van der Waals surface area contributed by atoms with Crippen LogP contribution in [0.5, 0.6) is 0 Å². The quantitative estimate of drug-likeness (QED) is 0.866. The molecule has 4 heteroatoms. The van der Waals surface area contributed by atoms with Gasteiger partial charge in [0.25, 0.3) is 0 Å². The molecule has 18 heavy (non-hydrogen) atoms. The number of hydrogen-bond donors (Lipinski definition) is 2. The monoisotopic (exact) mass is 245 g/mol. The molecule has 1 heterocycles. The van der Waals surface area contributed by atoms with E-state index in [-0.39, 0.29) is 6.61 Å². The fraction of sp³-hybridized carbons (Fsp3) is 0.357. The van der Waals surface area contributed by atoms with Gasteiger partial charge in [-0.3, -0.25) is 0 Å². The minimum atomic E-state index is 0.175. The molecule has 0 saturated heterocycles. The highest BCUT2D eigenvalue weighted by Crippen LogP contribution is 2.20. The van der Waals surface area contributed by atoms with Crippen LogP contribution in [-0.4, -0.2) is 21.5 Å². The second kappa shape index (κ2) is 5.23. The molecule has 0 aliphatic carbocycles. The first-order valence-electron chi connectivity index (χ1n) is 6.13. The number of nitrogen functional groups attached to an aromatic ring is 1. The molecule has 3 N–H and O–H groups in total. The zero-order chi connectivity index (χ0) is 13.1. The third-order valence-electron chi connectivity index (χ3n) is 2.94. The van der Waals surface area contributed by atoms with E-state index in [1.54, 1.807) is 10.9 Å². The summed E-state index contributed by atoms with van der Waals surface area (Å²) in [5.41, 5.74) is 10.5. The van der Waals surface area contributed by atoms with Gasteiger partial charge in [-0.2, -0.15) is 5.10 Å². The van der Waals surface area contributed by atoms with Crippen LogP contribution in [0.15, 0.2) is 24.4 Å². The van der Waals surface area contributed by atoms with Gasteiger partial charge in [-0.15, -0.1) is 0 Å². The largest absolute Gasteiger partial charge is 0.396 e. The summed E-state index contributed by atoms with van der Waals surface area (Å²) in [5, 5.41) is 13.2. The molecule has 0 amide bonds. The number of aryl methyl sites for hydroxylation is 3. The van der Waals surface area contributed by atoms with Crippen molar-refractivity contribution in [1.82, 2.24) is 9.78 Å². The van der Waals surface area contributed by atoms with Crippen molar-refractivity contribution in [3.63, 3.8) is 0 Å². The second-order valence-electron chi connectivity index (χ2n) is 4.64. The maximum Gasteiger partial charge on any atom is 0.130 e. The Bertz CT molecular complexity index is 526. The van der Waals surface area contributed by atoms with E-state index in [0.29, 0.717) is 12.2 Å². The summed E-state index contributed by atoms with van der Waals surface area (Å²) in [7, 11) is 0. The van der Waals surface area contributed by atoms with Gasteiger partial charge in [0.15, 0.2) is 0 Å². The summed E-state index contributed by atoms with van der Waals surface area (Å²) in [4.78, 5) is 0. The first-order chi connectivity index (χ1) is 8.61.